The van der Waals surface area contributed by atoms with E-state index < -0.39 is 68.9 Å². The van der Waals surface area contributed by atoms with Gasteiger partial charge in [0.05, 0.1) is 21.2 Å². The average molecular weight is 803 g/mol. The van der Waals surface area contributed by atoms with E-state index in [1.807, 2.05) is 0 Å². The van der Waals surface area contributed by atoms with Crippen molar-refractivity contribution in [1.29, 1.82) is 0 Å². The lowest BCUT2D eigenvalue weighted by atomic mass is 9.94. The normalized spacial score (nSPS) is 15.2. The average Bonchev–Trinajstić information content (AvgIpc) is 3.13. The van der Waals surface area contributed by atoms with E-state index in [2.05, 4.69) is 31.7 Å². The van der Waals surface area contributed by atoms with Gasteiger partial charge in [-0.1, -0.05) is 12.1 Å². The first-order valence-corrected chi connectivity index (χ1v) is 18.3. The maximum atomic E-state index is 13.3. The number of rotatable bonds is 10. The third-order valence-corrected chi connectivity index (χ3v) is 9.58. The molecule has 0 heterocycles. The van der Waals surface area contributed by atoms with E-state index in [0.717, 1.165) is 24.3 Å². The monoisotopic (exact) mass is 802 g/mol. The van der Waals surface area contributed by atoms with Crippen LogP contribution in [-0.2, 0) is 20.2 Å². The number of fused-ring (bicyclic) bond motifs is 2. The molecule has 56 heavy (non-hydrogen) atoms. The van der Waals surface area contributed by atoms with Crippen molar-refractivity contribution in [3.8, 4) is 0 Å². The zero-order chi connectivity index (χ0) is 40.5. The molecule has 0 radical (unpaired) electrons. The van der Waals surface area contributed by atoms with Crippen LogP contribution in [0.2, 0.25) is 0 Å². The summed E-state index contributed by atoms with van der Waals surface area (Å²) in [5.74, 6) is -1.89. The Morgan fingerprint density at radius 3 is 1.34 bits per heavy atom. The molecule has 6 rings (SSSR count). The summed E-state index contributed by atoms with van der Waals surface area (Å²) in [7, 11) is -10.1. The van der Waals surface area contributed by atoms with Crippen molar-refractivity contribution in [2.45, 2.75) is 0 Å². The molecule has 4 aromatic carbocycles. The Hall–Kier alpha value is -7.47. The fourth-order valence-corrected chi connectivity index (χ4v) is 6.67. The highest BCUT2D eigenvalue weighted by atomic mass is 32.2. The zero-order valence-corrected chi connectivity index (χ0v) is 29.4. The third-order valence-electron chi connectivity index (χ3n) is 7.84. The molecule has 0 aromatic heterocycles. The molecule has 2 aliphatic carbocycles. The first-order chi connectivity index (χ1) is 26.4. The molecule has 4 aromatic rings. The number of non-ortho nitro benzene ring substituents is 2. The SMILES string of the molecule is O=C(Nc1ccc2c(c1)C=C(S(=O)(=O)O)/C(=N/Nc1cccc([N+](=O)[O-])c1)C2=O)Nc1ccc2c(c1)C=C(S(=O)(=O)O)/C(=N/Nc1cccc([N+](=O)[O-])c1)C2=O. The van der Waals surface area contributed by atoms with Crippen molar-refractivity contribution < 1.29 is 50.2 Å². The highest BCUT2D eigenvalue weighted by Gasteiger charge is 2.34. The van der Waals surface area contributed by atoms with Gasteiger partial charge in [0.25, 0.3) is 31.6 Å². The maximum Gasteiger partial charge on any atom is 0.323 e. The Kier molecular flexibility index (Phi) is 10.1. The number of hydrogen-bond acceptors (Lipinski definition) is 15. The molecular weight excluding hydrogens is 781 g/mol. The maximum absolute atomic E-state index is 13.3. The van der Waals surface area contributed by atoms with Crippen LogP contribution in [0.5, 0.6) is 0 Å². The summed E-state index contributed by atoms with van der Waals surface area (Å²) in [6, 6.07) is 16.6. The lowest BCUT2D eigenvalue weighted by molar-refractivity contribution is -0.385. The Balaban J connectivity index is 1.21. The number of carbonyl (C=O) groups excluding carboxylic acids is 3. The second kappa shape index (κ2) is 14.7. The number of hydrogen-bond donors (Lipinski definition) is 6. The molecule has 6 N–H and O–H groups in total. The fraction of sp³-hybridized carbons (Fsp3) is 0. The minimum Gasteiger partial charge on any atom is -0.308 e. The van der Waals surface area contributed by atoms with Crippen LogP contribution in [0.25, 0.3) is 12.2 Å². The van der Waals surface area contributed by atoms with Crippen molar-refractivity contribution in [1.82, 2.24) is 0 Å². The molecular formula is C33H22N8O13S2. The molecule has 0 saturated heterocycles. The number of urea groups is 1. The summed E-state index contributed by atoms with van der Waals surface area (Å²) in [6.07, 6.45) is 1.86. The number of anilines is 4. The number of allylic oxidation sites excluding steroid dienone is 2. The van der Waals surface area contributed by atoms with Gasteiger partial charge in [-0.15, -0.1) is 0 Å². The van der Waals surface area contributed by atoms with Gasteiger partial charge >= 0.3 is 6.03 Å². The van der Waals surface area contributed by atoms with E-state index in [0.29, 0.717) is 0 Å². The van der Waals surface area contributed by atoms with Gasteiger partial charge in [0.1, 0.15) is 9.81 Å². The molecule has 2 amide bonds. The number of nitro groups is 2. The lowest BCUT2D eigenvalue weighted by Crippen LogP contribution is -2.27. The van der Waals surface area contributed by atoms with Gasteiger partial charge in [0.2, 0.25) is 11.6 Å². The van der Waals surface area contributed by atoms with Crippen molar-refractivity contribution in [3.05, 3.63) is 137 Å². The van der Waals surface area contributed by atoms with Gasteiger partial charge in [-0.05, 0) is 71.8 Å². The summed E-state index contributed by atoms with van der Waals surface area (Å²) < 4.78 is 68.9. The standard InChI is InChI=1S/C33H22N8O13S2/c42-31-25-9-7-19(11-17(25)13-27(55(49,50)51)29(31)38-36-21-3-1-5-23(15-21)40(45)46)34-33(44)35-20-8-10-26-18(12-20)14-28(56(52,53)54)30(32(26)43)39-37-22-4-2-6-24(16-22)41(47)48/h1-16,36-37H,(H2,34,35,44)(H,49,50,51)(H,52,53,54)/b38-29-,39-30-. The summed E-state index contributed by atoms with van der Waals surface area (Å²) in [6.45, 7) is 0. The number of ketones is 2. The summed E-state index contributed by atoms with van der Waals surface area (Å²) in [5.41, 5.74) is 2.59. The second-order valence-corrected chi connectivity index (χ2v) is 14.3. The summed E-state index contributed by atoms with van der Waals surface area (Å²) in [4.78, 5) is 58.6. The van der Waals surface area contributed by atoms with Crippen LogP contribution in [0.4, 0.5) is 38.9 Å². The molecule has 284 valence electrons. The van der Waals surface area contributed by atoms with Crippen molar-refractivity contribution in [2.24, 2.45) is 10.2 Å². The van der Waals surface area contributed by atoms with Crippen LogP contribution in [0.1, 0.15) is 31.8 Å². The van der Waals surface area contributed by atoms with E-state index in [1.54, 1.807) is 0 Å². The second-order valence-electron chi connectivity index (χ2n) is 11.6. The molecule has 0 bridgehead atoms. The Labute approximate surface area is 313 Å². The molecule has 0 saturated carbocycles. The molecule has 0 unspecified atom stereocenters. The first kappa shape index (κ1) is 38.3. The van der Waals surface area contributed by atoms with Gasteiger partial charge in [-0.2, -0.15) is 27.0 Å². The molecule has 23 heteroatoms. The Bertz CT molecular complexity index is 2590. The van der Waals surface area contributed by atoms with Gasteiger partial charge in [0, 0.05) is 46.8 Å². The molecule has 0 aliphatic heterocycles. The molecule has 0 atom stereocenters. The number of hydrazone groups is 2. The minimum absolute atomic E-state index is 0.0360. The predicted molar refractivity (Wildman–Crippen MR) is 202 cm³/mol. The van der Waals surface area contributed by atoms with Crippen molar-refractivity contribution in [3.63, 3.8) is 0 Å². The highest BCUT2D eigenvalue weighted by Crippen LogP contribution is 2.31. The number of nitrogens with one attached hydrogen (secondary N) is 4. The first-order valence-electron chi connectivity index (χ1n) is 15.4. The molecule has 0 fully saturated rings. The van der Waals surface area contributed by atoms with Gasteiger partial charge in [0.15, 0.2) is 11.4 Å². The Morgan fingerprint density at radius 2 is 0.982 bits per heavy atom. The van der Waals surface area contributed by atoms with Crippen LogP contribution in [0.15, 0.2) is 105 Å². The molecule has 21 nitrogen and oxygen atoms in total. The van der Waals surface area contributed by atoms with E-state index in [4.69, 9.17) is 0 Å². The number of nitrogens with zero attached hydrogens (tertiary/aromatic N) is 4. The van der Waals surface area contributed by atoms with Crippen LogP contribution in [-0.4, -0.2) is 64.8 Å². The minimum atomic E-state index is -5.06. The van der Waals surface area contributed by atoms with Crippen molar-refractivity contribution in [2.75, 3.05) is 21.5 Å². The third kappa shape index (κ3) is 8.19. The van der Waals surface area contributed by atoms with Gasteiger partial charge in [-0.3, -0.25) is 49.8 Å². The van der Waals surface area contributed by atoms with Crippen molar-refractivity contribution >= 4 is 95.5 Å². The molecule has 0 spiro atoms. The van der Waals surface area contributed by atoms with E-state index in [1.165, 1.54) is 72.8 Å². The Morgan fingerprint density at radius 1 is 0.589 bits per heavy atom. The van der Waals surface area contributed by atoms with Crippen LogP contribution in [0.3, 0.4) is 0 Å². The zero-order valence-electron chi connectivity index (χ0n) is 27.7. The van der Waals surface area contributed by atoms with E-state index in [-0.39, 0.29) is 56.4 Å². The number of Topliss-reactive ketones (excluding diaryl/α,β-unsaturated/α-hetero) is 2. The van der Waals surface area contributed by atoms with Crippen LogP contribution < -0.4 is 21.5 Å². The largest absolute Gasteiger partial charge is 0.323 e. The summed E-state index contributed by atoms with van der Waals surface area (Å²) in [5, 5.41) is 34.7. The number of nitro benzene ring substituents is 2. The van der Waals surface area contributed by atoms with Crippen LogP contribution >= 0.6 is 0 Å². The highest BCUT2D eigenvalue weighted by molar-refractivity contribution is 7.91. The van der Waals surface area contributed by atoms with Crippen LogP contribution in [0, 0.1) is 20.2 Å². The molecule has 2 aliphatic rings. The predicted octanol–water partition coefficient (Wildman–Crippen LogP) is 4.93. The smallest absolute Gasteiger partial charge is 0.308 e. The van der Waals surface area contributed by atoms with Gasteiger partial charge in [-0.25, -0.2) is 4.79 Å². The number of amides is 2. The summed E-state index contributed by atoms with van der Waals surface area (Å²) >= 11 is 0. The van der Waals surface area contributed by atoms with E-state index in [9.17, 15) is 60.6 Å². The quantitative estimate of drug-likeness (QED) is 0.0703. The lowest BCUT2D eigenvalue weighted by Gasteiger charge is -2.18. The number of benzene rings is 4. The van der Waals surface area contributed by atoms with E-state index >= 15 is 0 Å². The topological polar surface area (TPSA) is 319 Å². The van der Waals surface area contributed by atoms with Gasteiger partial charge < -0.3 is 10.6 Å². The fourth-order valence-electron chi connectivity index (χ4n) is 5.35. The number of carbonyl (C=O) groups is 3.